The molecule has 0 saturated carbocycles. The molecule has 0 unspecified atom stereocenters. The fraction of sp³-hybridized carbons (Fsp3) is 0.296. The minimum atomic E-state index is 0.0507. The lowest BCUT2D eigenvalue weighted by Crippen LogP contribution is -2.47. The van der Waals surface area contributed by atoms with Crippen LogP contribution in [0.2, 0.25) is 0 Å². The van der Waals surface area contributed by atoms with E-state index in [0.717, 1.165) is 55.0 Å². The highest BCUT2D eigenvalue weighted by atomic mass is 16.5. The molecule has 1 aliphatic heterocycles. The summed E-state index contributed by atoms with van der Waals surface area (Å²) in [5.41, 5.74) is 4.10. The number of ether oxygens (including phenoxy) is 1. The van der Waals surface area contributed by atoms with Crippen LogP contribution < -0.4 is 9.64 Å². The summed E-state index contributed by atoms with van der Waals surface area (Å²) in [6.07, 6.45) is 1.89. The Morgan fingerprint density at radius 3 is 2.35 bits per heavy atom. The Morgan fingerprint density at radius 1 is 0.968 bits per heavy atom. The predicted octanol–water partition coefficient (Wildman–Crippen LogP) is 5.32. The normalized spacial score (nSPS) is 14.9. The van der Waals surface area contributed by atoms with Crippen molar-refractivity contribution in [1.29, 1.82) is 0 Å². The second-order valence-electron chi connectivity index (χ2n) is 8.24. The van der Waals surface area contributed by atoms with Gasteiger partial charge in [-0.25, -0.2) is 0 Å². The maximum absolute atomic E-state index is 13.6. The van der Waals surface area contributed by atoms with Crippen molar-refractivity contribution in [2.24, 2.45) is 0 Å². The number of carbonyl (C=O) groups excluding carboxylic acids is 1. The van der Waals surface area contributed by atoms with Crippen molar-refractivity contribution in [3.8, 4) is 5.75 Å². The van der Waals surface area contributed by atoms with E-state index in [-0.39, 0.29) is 11.9 Å². The molecule has 0 aromatic heterocycles. The molecule has 1 fully saturated rings. The fourth-order valence-corrected chi connectivity index (χ4v) is 4.27. The lowest BCUT2D eigenvalue weighted by atomic mass is 10.00. The van der Waals surface area contributed by atoms with E-state index in [0.29, 0.717) is 0 Å². The SMILES string of the molecule is COc1cccc(N(C(=O)c2ccc(C)cc2)C2CCN(Cc3ccccc3)CC2)c1. The Balaban J connectivity index is 1.54. The standard InChI is InChI=1S/C27H30N2O2/c1-21-11-13-23(14-12-21)27(30)29(25-9-6-10-26(19-25)31-2)24-15-17-28(18-16-24)20-22-7-4-3-5-8-22/h3-14,19,24H,15-18,20H2,1-2H3. The molecule has 3 aromatic carbocycles. The third kappa shape index (κ3) is 5.15. The lowest BCUT2D eigenvalue weighted by molar-refractivity contribution is 0.0958. The number of amides is 1. The Labute approximate surface area is 185 Å². The number of carbonyl (C=O) groups is 1. The first kappa shape index (κ1) is 21.1. The predicted molar refractivity (Wildman–Crippen MR) is 126 cm³/mol. The molecule has 1 saturated heterocycles. The van der Waals surface area contributed by atoms with Crippen LogP contribution in [0.1, 0.15) is 34.3 Å². The van der Waals surface area contributed by atoms with Gasteiger partial charge in [0.05, 0.1) is 7.11 Å². The van der Waals surface area contributed by atoms with Gasteiger partial charge in [-0.15, -0.1) is 0 Å². The van der Waals surface area contributed by atoms with E-state index >= 15 is 0 Å². The van der Waals surface area contributed by atoms with Crippen molar-refractivity contribution in [1.82, 2.24) is 4.90 Å². The van der Waals surface area contributed by atoms with E-state index in [9.17, 15) is 4.79 Å². The number of hydrogen-bond acceptors (Lipinski definition) is 3. The highest BCUT2D eigenvalue weighted by molar-refractivity contribution is 6.06. The number of hydrogen-bond donors (Lipinski definition) is 0. The van der Waals surface area contributed by atoms with Gasteiger partial charge in [-0.2, -0.15) is 0 Å². The van der Waals surface area contributed by atoms with Gasteiger partial charge in [-0.05, 0) is 49.6 Å². The molecule has 3 aromatic rings. The molecule has 1 amide bonds. The van der Waals surface area contributed by atoms with Crippen molar-refractivity contribution in [2.45, 2.75) is 32.4 Å². The van der Waals surface area contributed by atoms with Crippen LogP contribution in [0.3, 0.4) is 0 Å². The van der Waals surface area contributed by atoms with Gasteiger partial charge in [0, 0.05) is 43.0 Å². The zero-order valence-electron chi connectivity index (χ0n) is 18.3. The van der Waals surface area contributed by atoms with Gasteiger partial charge in [0.25, 0.3) is 5.91 Å². The van der Waals surface area contributed by atoms with Gasteiger partial charge >= 0.3 is 0 Å². The van der Waals surface area contributed by atoms with Gasteiger partial charge in [-0.3, -0.25) is 9.69 Å². The summed E-state index contributed by atoms with van der Waals surface area (Å²) in [6, 6.07) is 26.4. The summed E-state index contributed by atoms with van der Waals surface area (Å²) >= 11 is 0. The average Bonchev–Trinajstić information content (AvgIpc) is 2.81. The molecule has 0 N–H and O–H groups in total. The zero-order valence-corrected chi connectivity index (χ0v) is 18.3. The van der Waals surface area contributed by atoms with Crippen LogP contribution >= 0.6 is 0 Å². The second kappa shape index (κ2) is 9.80. The van der Waals surface area contributed by atoms with E-state index in [1.54, 1.807) is 7.11 Å². The third-order valence-corrected chi connectivity index (χ3v) is 6.02. The van der Waals surface area contributed by atoms with Crippen LogP contribution in [0.5, 0.6) is 5.75 Å². The summed E-state index contributed by atoms with van der Waals surface area (Å²) in [7, 11) is 1.66. The minimum Gasteiger partial charge on any atom is -0.497 e. The van der Waals surface area contributed by atoms with Crippen LogP contribution in [0.25, 0.3) is 0 Å². The molecule has 4 heteroatoms. The van der Waals surface area contributed by atoms with Gasteiger partial charge in [0.1, 0.15) is 5.75 Å². The maximum Gasteiger partial charge on any atom is 0.258 e. The maximum atomic E-state index is 13.6. The first-order valence-electron chi connectivity index (χ1n) is 10.9. The van der Waals surface area contributed by atoms with E-state index in [2.05, 4.69) is 35.2 Å². The fourth-order valence-electron chi connectivity index (χ4n) is 4.27. The Kier molecular flexibility index (Phi) is 6.68. The van der Waals surface area contributed by atoms with E-state index in [1.165, 1.54) is 5.56 Å². The summed E-state index contributed by atoms with van der Waals surface area (Å²) < 4.78 is 5.43. The van der Waals surface area contributed by atoms with Crippen molar-refractivity contribution in [3.05, 3.63) is 95.6 Å². The highest BCUT2D eigenvalue weighted by Crippen LogP contribution is 2.29. The molecule has 4 rings (SSSR count). The Morgan fingerprint density at radius 2 is 1.68 bits per heavy atom. The topological polar surface area (TPSA) is 32.8 Å². The van der Waals surface area contributed by atoms with Crippen LogP contribution in [-0.2, 0) is 6.54 Å². The van der Waals surface area contributed by atoms with E-state index < -0.39 is 0 Å². The minimum absolute atomic E-state index is 0.0507. The molecule has 160 valence electrons. The Hall–Kier alpha value is -3.11. The van der Waals surface area contributed by atoms with Crippen molar-refractivity contribution in [2.75, 3.05) is 25.1 Å². The molecule has 0 spiro atoms. The van der Waals surface area contributed by atoms with Gasteiger partial charge in [0.2, 0.25) is 0 Å². The van der Waals surface area contributed by atoms with Crippen LogP contribution in [-0.4, -0.2) is 37.0 Å². The van der Waals surface area contributed by atoms with Gasteiger partial charge in [0.15, 0.2) is 0 Å². The molecule has 0 atom stereocenters. The van der Waals surface area contributed by atoms with E-state index in [1.807, 2.05) is 60.4 Å². The third-order valence-electron chi connectivity index (χ3n) is 6.02. The van der Waals surface area contributed by atoms with Crippen molar-refractivity contribution < 1.29 is 9.53 Å². The van der Waals surface area contributed by atoms with Crippen LogP contribution in [0.15, 0.2) is 78.9 Å². The first-order chi connectivity index (χ1) is 15.1. The number of nitrogens with zero attached hydrogens (tertiary/aromatic N) is 2. The van der Waals surface area contributed by atoms with Crippen molar-refractivity contribution in [3.63, 3.8) is 0 Å². The largest absolute Gasteiger partial charge is 0.497 e. The number of rotatable bonds is 6. The quantitative estimate of drug-likeness (QED) is 0.548. The molecule has 1 aliphatic rings. The van der Waals surface area contributed by atoms with E-state index in [4.69, 9.17) is 4.74 Å². The second-order valence-corrected chi connectivity index (χ2v) is 8.24. The highest BCUT2D eigenvalue weighted by Gasteiger charge is 2.30. The number of likely N-dealkylation sites (tertiary alicyclic amines) is 1. The molecule has 0 aliphatic carbocycles. The molecule has 4 nitrogen and oxygen atoms in total. The number of aryl methyl sites for hydroxylation is 1. The molecular weight excluding hydrogens is 384 g/mol. The Bertz CT molecular complexity index is 993. The summed E-state index contributed by atoms with van der Waals surface area (Å²) in [6.45, 7) is 4.94. The summed E-state index contributed by atoms with van der Waals surface area (Å²) in [5, 5.41) is 0. The summed E-state index contributed by atoms with van der Waals surface area (Å²) in [5.74, 6) is 0.815. The molecule has 1 heterocycles. The average molecular weight is 415 g/mol. The smallest absolute Gasteiger partial charge is 0.258 e. The lowest BCUT2D eigenvalue weighted by Gasteiger charge is -2.38. The zero-order chi connectivity index (χ0) is 21.6. The number of benzene rings is 3. The number of anilines is 1. The summed E-state index contributed by atoms with van der Waals surface area (Å²) in [4.78, 5) is 18.1. The number of piperidine rings is 1. The monoisotopic (exact) mass is 414 g/mol. The van der Waals surface area contributed by atoms with Crippen molar-refractivity contribution >= 4 is 11.6 Å². The van der Waals surface area contributed by atoms with Crippen LogP contribution in [0, 0.1) is 6.92 Å². The molecule has 31 heavy (non-hydrogen) atoms. The molecule has 0 radical (unpaired) electrons. The van der Waals surface area contributed by atoms with Gasteiger partial charge in [-0.1, -0.05) is 54.1 Å². The molecular formula is C27H30N2O2. The number of methoxy groups -OCH3 is 1. The molecule has 0 bridgehead atoms. The first-order valence-corrected chi connectivity index (χ1v) is 10.9. The van der Waals surface area contributed by atoms with Gasteiger partial charge < -0.3 is 9.64 Å². The van der Waals surface area contributed by atoms with Crippen LogP contribution in [0.4, 0.5) is 5.69 Å².